The number of para-hydroxylation sites is 2. The van der Waals surface area contributed by atoms with Crippen LogP contribution >= 0.6 is 0 Å². The van der Waals surface area contributed by atoms with Crippen molar-refractivity contribution in [1.82, 2.24) is 15.0 Å². The summed E-state index contributed by atoms with van der Waals surface area (Å²) < 4.78 is 12.8. The maximum atomic E-state index is 6.57. The van der Waals surface area contributed by atoms with E-state index >= 15 is 0 Å². The van der Waals surface area contributed by atoms with Crippen LogP contribution in [0.3, 0.4) is 0 Å². The number of aromatic nitrogens is 3. The molecule has 0 atom stereocenters. The topological polar surface area (TPSA) is 65.0 Å². The Morgan fingerprint density at radius 3 is 1.72 bits per heavy atom. The van der Waals surface area contributed by atoms with E-state index in [0.29, 0.717) is 17.5 Å². The van der Waals surface area contributed by atoms with Gasteiger partial charge in [0, 0.05) is 32.7 Å². The molecule has 0 aliphatic heterocycles. The zero-order chi connectivity index (χ0) is 30.2. The van der Waals surface area contributed by atoms with Gasteiger partial charge in [-0.15, -0.1) is 0 Å². The van der Waals surface area contributed by atoms with Gasteiger partial charge >= 0.3 is 0 Å². The molecule has 46 heavy (non-hydrogen) atoms. The summed E-state index contributed by atoms with van der Waals surface area (Å²) in [6, 6.07) is 47.6. The van der Waals surface area contributed by atoms with Gasteiger partial charge in [-0.2, -0.15) is 0 Å². The Hall–Kier alpha value is -6.33. The first-order valence-corrected chi connectivity index (χ1v) is 15.3. The minimum absolute atomic E-state index is 0.554. The molecule has 0 bridgehead atoms. The first-order valence-electron chi connectivity index (χ1n) is 15.3. The molecule has 0 N–H and O–H groups in total. The Bertz CT molecular complexity index is 2830. The summed E-state index contributed by atoms with van der Waals surface area (Å²) in [7, 11) is 0. The van der Waals surface area contributed by atoms with Gasteiger partial charge in [0.15, 0.2) is 17.5 Å². The number of hydrogen-bond donors (Lipinski definition) is 0. The van der Waals surface area contributed by atoms with Crippen LogP contribution in [0.25, 0.3) is 99.6 Å². The fourth-order valence-electron chi connectivity index (χ4n) is 6.68. The molecule has 214 valence electrons. The highest BCUT2D eigenvalue weighted by molar-refractivity contribution is 6.17. The SMILES string of the molecule is c1ccc2cc(-c3nc(-c4ccc5c(c4)oc4ccccc45)nc(-c4c5ccccc5cc5c4oc4ccccc45)n3)ccc2c1. The van der Waals surface area contributed by atoms with Gasteiger partial charge in [-0.25, -0.2) is 15.0 Å². The maximum absolute atomic E-state index is 6.57. The molecule has 10 rings (SSSR count). The van der Waals surface area contributed by atoms with Crippen molar-refractivity contribution < 1.29 is 8.83 Å². The number of benzene rings is 7. The normalized spacial score (nSPS) is 11.9. The molecule has 0 fully saturated rings. The van der Waals surface area contributed by atoms with E-state index in [0.717, 1.165) is 82.1 Å². The van der Waals surface area contributed by atoms with Crippen molar-refractivity contribution in [1.29, 1.82) is 0 Å². The maximum Gasteiger partial charge on any atom is 0.168 e. The summed E-state index contributed by atoms with van der Waals surface area (Å²) in [6.45, 7) is 0. The molecular weight excluding hydrogens is 566 g/mol. The molecule has 0 saturated carbocycles. The number of fused-ring (bicyclic) bond motifs is 8. The second-order valence-corrected chi connectivity index (χ2v) is 11.6. The van der Waals surface area contributed by atoms with E-state index in [1.54, 1.807) is 0 Å². The minimum Gasteiger partial charge on any atom is -0.456 e. The Kier molecular flexibility index (Phi) is 5.22. The number of rotatable bonds is 3. The highest BCUT2D eigenvalue weighted by Crippen LogP contribution is 2.41. The van der Waals surface area contributed by atoms with Gasteiger partial charge in [0.05, 0.1) is 5.56 Å². The summed E-state index contributed by atoms with van der Waals surface area (Å²) in [4.78, 5) is 15.4. The smallest absolute Gasteiger partial charge is 0.168 e. The van der Waals surface area contributed by atoms with E-state index in [1.807, 2.05) is 54.6 Å². The molecule has 5 heteroatoms. The monoisotopic (exact) mass is 589 g/mol. The largest absolute Gasteiger partial charge is 0.456 e. The van der Waals surface area contributed by atoms with Crippen molar-refractivity contribution in [3.63, 3.8) is 0 Å². The van der Waals surface area contributed by atoms with E-state index in [4.69, 9.17) is 23.8 Å². The van der Waals surface area contributed by atoms with Crippen molar-refractivity contribution in [3.8, 4) is 34.2 Å². The summed E-state index contributed by atoms with van der Waals surface area (Å²) in [5.41, 5.74) is 5.83. The predicted molar refractivity (Wildman–Crippen MR) is 186 cm³/mol. The van der Waals surface area contributed by atoms with Crippen LogP contribution in [-0.2, 0) is 0 Å². The predicted octanol–water partition coefficient (Wildman–Crippen LogP) is 11.0. The molecule has 10 aromatic rings. The first kappa shape index (κ1) is 25.0. The van der Waals surface area contributed by atoms with E-state index in [2.05, 4.69) is 84.9 Å². The zero-order valence-corrected chi connectivity index (χ0v) is 24.4. The van der Waals surface area contributed by atoms with Gasteiger partial charge in [-0.1, -0.05) is 103 Å². The molecule has 0 unspecified atom stereocenters. The van der Waals surface area contributed by atoms with Crippen LogP contribution in [-0.4, -0.2) is 15.0 Å². The first-order chi connectivity index (χ1) is 22.8. The third-order valence-electron chi connectivity index (χ3n) is 8.89. The van der Waals surface area contributed by atoms with Crippen LogP contribution in [0.1, 0.15) is 0 Å². The molecule has 0 amide bonds. The molecule has 3 heterocycles. The van der Waals surface area contributed by atoms with E-state index < -0.39 is 0 Å². The van der Waals surface area contributed by atoms with Crippen molar-refractivity contribution in [2.75, 3.05) is 0 Å². The molecule has 0 spiro atoms. The quantitative estimate of drug-likeness (QED) is 0.205. The van der Waals surface area contributed by atoms with Crippen molar-refractivity contribution in [3.05, 3.63) is 140 Å². The Labute approximate surface area is 262 Å². The van der Waals surface area contributed by atoms with Crippen molar-refractivity contribution in [2.45, 2.75) is 0 Å². The number of nitrogens with zero attached hydrogens (tertiary/aromatic N) is 3. The third-order valence-corrected chi connectivity index (χ3v) is 8.89. The standard InChI is InChI=1S/C41H23N3O2/c1-2-10-25-21-27(18-17-24(25)9-1)39-42-40(28-19-20-32-30-13-5-7-15-34(30)45-36(32)23-28)44-41(43-39)37-29-12-4-3-11-26(29)22-33-31-14-6-8-16-35(31)46-38(33)37/h1-23H. The lowest BCUT2D eigenvalue weighted by molar-refractivity contribution is 0.668. The number of hydrogen-bond acceptors (Lipinski definition) is 5. The fourth-order valence-corrected chi connectivity index (χ4v) is 6.68. The second kappa shape index (κ2) is 9.58. The van der Waals surface area contributed by atoms with Crippen molar-refractivity contribution in [2.24, 2.45) is 0 Å². The van der Waals surface area contributed by atoms with Crippen LogP contribution in [0.5, 0.6) is 0 Å². The molecule has 7 aromatic carbocycles. The molecule has 0 saturated heterocycles. The summed E-state index contributed by atoms with van der Waals surface area (Å²) >= 11 is 0. The van der Waals surface area contributed by atoms with Crippen LogP contribution in [0.15, 0.2) is 148 Å². The highest BCUT2D eigenvalue weighted by Gasteiger charge is 2.21. The van der Waals surface area contributed by atoms with Crippen LogP contribution < -0.4 is 0 Å². The van der Waals surface area contributed by atoms with Gasteiger partial charge in [0.1, 0.15) is 22.3 Å². The molecular formula is C41H23N3O2. The van der Waals surface area contributed by atoms with Gasteiger partial charge in [-0.05, 0) is 57.9 Å². The molecule has 5 nitrogen and oxygen atoms in total. The Morgan fingerprint density at radius 1 is 0.348 bits per heavy atom. The van der Waals surface area contributed by atoms with E-state index in [9.17, 15) is 0 Å². The van der Waals surface area contributed by atoms with Gasteiger partial charge in [0.2, 0.25) is 0 Å². The number of furan rings is 2. The van der Waals surface area contributed by atoms with Crippen LogP contribution in [0.4, 0.5) is 0 Å². The van der Waals surface area contributed by atoms with E-state index in [-0.39, 0.29) is 0 Å². The highest BCUT2D eigenvalue weighted by atomic mass is 16.3. The molecule has 3 aromatic heterocycles. The van der Waals surface area contributed by atoms with Crippen LogP contribution in [0.2, 0.25) is 0 Å². The zero-order valence-electron chi connectivity index (χ0n) is 24.4. The van der Waals surface area contributed by atoms with Crippen molar-refractivity contribution >= 4 is 65.4 Å². The average molecular weight is 590 g/mol. The lowest BCUT2D eigenvalue weighted by Crippen LogP contribution is -2.01. The summed E-state index contributed by atoms with van der Waals surface area (Å²) in [5, 5.41) is 8.62. The summed E-state index contributed by atoms with van der Waals surface area (Å²) in [6.07, 6.45) is 0. The van der Waals surface area contributed by atoms with Gasteiger partial charge < -0.3 is 8.83 Å². The second-order valence-electron chi connectivity index (χ2n) is 11.6. The third kappa shape index (κ3) is 3.79. The molecule has 0 aliphatic carbocycles. The fraction of sp³-hybridized carbons (Fsp3) is 0. The Morgan fingerprint density at radius 2 is 0.913 bits per heavy atom. The van der Waals surface area contributed by atoms with Gasteiger partial charge in [-0.3, -0.25) is 0 Å². The van der Waals surface area contributed by atoms with E-state index in [1.165, 1.54) is 0 Å². The summed E-state index contributed by atoms with van der Waals surface area (Å²) in [5.74, 6) is 1.71. The van der Waals surface area contributed by atoms with Crippen LogP contribution in [0, 0.1) is 0 Å². The Balaban J connectivity index is 1.28. The molecule has 0 aliphatic rings. The lowest BCUT2D eigenvalue weighted by atomic mass is 9.99. The molecule has 0 radical (unpaired) electrons. The van der Waals surface area contributed by atoms with Gasteiger partial charge in [0.25, 0.3) is 0 Å². The minimum atomic E-state index is 0.554. The lowest BCUT2D eigenvalue weighted by Gasteiger charge is -2.11. The average Bonchev–Trinajstić information content (AvgIpc) is 3.68.